The van der Waals surface area contributed by atoms with Gasteiger partial charge in [-0.05, 0) is 62.6 Å². The van der Waals surface area contributed by atoms with Gasteiger partial charge in [0.1, 0.15) is 11.5 Å². The maximum Gasteiger partial charge on any atom is 0.220 e. The van der Waals surface area contributed by atoms with Crippen LogP contribution in [0.4, 0.5) is 0 Å². The van der Waals surface area contributed by atoms with Crippen molar-refractivity contribution in [2.24, 2.45) is 0 Å². The quantitative estimate of drug-likeness (QED) is 0.726. The molecule has 0 aliphatic carbocycles. The molecule has 0 aliphatic rings. The molecule has 1 atom stereocenters. The fourth-order valence-corrected chi connectivity index (χ4v) is 2.71. The maximum atomic E-state index is 12.1. The van der Waals surface area contributed by atoms with Gasteiger partial charge in [-0.15, -0.1) is 0 Å². The van der Waals surface area contributed by atoms with Gasteiger partial charge in [0.25, 0.3) is 0 Å². The lowest BCUT2D eigenvalue weighted by molar-refractivity contribution is -0.121. The molecule has 1 N–H and O–H groups in total. The summed E-state index contributed by atoms with van der Waals surface area (Å²) in [5, 5.41) is 3.07. The predicted octanol–water partition coefficient (Wildman–Crippen LogP) is 4.35. The Bertz CT molecular complexity index is 695. The summed E-state index contributed by atoms with van der Waals surface area (Å²) >= 11 is 0. The number of benzene rings is 2. The van der Waals surface area contributed by atoms with Crippen LogP contribution < -0.4 is 14.8 Å². The van der Waals surface area contributed by atoms with E-state index >= 15 is 0 Å². The van der Waals surface area contributed by atoms with Crippen LogP contribution in [-0.2, 0) is 4.79 Å². The Kier molecular flexibility index (Phi) is 6.87. The van der Waals surface area contributed by atoms with E-state index in [0.29, 0.717) is 19.4 Å². The van der Waals surface area contributed by atoms with Gasteiger partial charge in [0.15, 0.2) is 0 Å². The average Bonchev–Trinajstić information content (AvgIpc) is 2.61. The molecule has 0 aliphatic heterocycles. The summed E-state index contributed by atoms with van der Waals surface area (Å²) in [5.41, 5.74) is 3.57. The van der Waals surface area contributed by atoms with Crippen molar-refractivity contribution in [1.29, 1.82) is 0 Å². The first-order valence-corrected chi connectivity index (χ1v) is 8.63. The zero-order valence-electron chi connectivity index (χ0n) is 15.5. The fourth-order valence-electron chi connectivity index (χ4n) is 2.71. The average molecular weight is 341 g/mol. The summed E-state index contributed by atoms with van der Waals surface area (Å²) in [5.74, 6) is 1.63. The third kappa shape index (κ3) is 5.82. The summed E-state index contributed by atoms with van der Waals surface area (Å²) in [7, 11) is 1.63. The van der Waals surface area contributed by atoms with E-state index in [0.717, 1.165) is 11.5 Å². The third-order valence-electron chi connectivity index (χ3n) is 4.16. The molecule has 0 spiro atoms. The molecule has 2 aromatic rings. The molecule has 25 heavy (non-hydrogen) atoms. The smallest absolute Gasteiger partial charge is 0.220 e. The van der Waals surface area contributed by atoms with Crippen molar-refractivity contribution < 1.29 is 14.3 Å². The molecule has 0 fully saturated rings. The first-order valence-electron chi connectivity index (χ1n) is 8.63. The second kappa shape index (κ2) is 9.11. The lowest BCUT2D eigenvalue weighted by Gasteiger charge is -2.17. The molecule has 0 saturated heterocycles. The predicted molar refractivity (Wildman–Crippen MR) is 100 cm³/mol. The topological polar surface area (TPSA) is 47.6 Å². The Labute approximate surface area is 150 Å². The lowest BCUT2D eigenvalue weighted by atomic mass is 10.00. The Hall–Kier alpha value is -2.49. The van der Waals surface area contributed by atoms with Gasteiger partial charge in [-0.25, -0.2) is 0 Å². The van der Waals surface area contributed by atoms with Gasteiger partial charge in [0.2, 0.25) is 5.91 Å². The minimum atomic E-state index is 0.00917. The highest BCUT2D eigenvalue weighted by atomic mass is 16.5. The van der Waals surface area contributed by atoms with E-state index in [1.807, 2.05) is 31.2 Å². The van der Waals surface area contributed by atoms with Gasteiger partial charge in [0.05, 0.1) is 19.8 Å². The minimum absolute atomic E-state index is 0.00917. The number of hydrogen-bond donors (Lipinski definition) is 1. The van der Waals surface area contributed by atoms with Crippen LogP contribution in [0.15, 0.2) is 42.5 Å². The number of carbonyl (C=O) groups is 1. The lowest BCUT2D eigenvalue weighted by Crippen LogP contribution is -2.27. The van der Waals surface area contributed by atoms with Crippen LogP contribution in [-0.4, -0.2) is 19.6 Å². The van der Waals surface area contributed by atoms with Crippen LogP contribution in [0.2, 0.25) is 0 Å². The van der Waals surface area contributed by atoms with Crippen molar-refractivity contribution in [2.75, 3.05) is 13.7 Å². The summed E-state index contributed by atoms with van der Waals surface area (Å²) < 4.78 is 10.8. The van der Waals surface area contributed by atoms with Gasteiger partial charge in [-0.2, -0.15) is 0 Å². The van der Waals surface area contributed by atoms with Crippen molar-refractivity contribution in [1.82, 2.24) is 5.32 Å². The monoisotopic (exact) mass is 341 g/mol. The van der Waals surface area contributed by atoms with Crippen LogP contribution in [0.25, 0.3) is 0 Å². The zero-order chi connectivity index (χ0) is 18.2. The summed E-state index contributed by atoms with van der Waals surface area (Å²) in [6, 6.07) is 13.8. The minimum Gasteiger partial charge on any atom is -0.497 e. The Morgan fingerprint density at radius 1 is 1.08 bits per heavy atom. The number of amides is 1. The Morgan fingerprint density at radius 2 is 1.76 bits per heavy atom. The largest absolute Gasteiger partial charge is 0.497 e. The van der Waals surface area contributed by atoms with E-state index in [4.69, 9.17) is 9.47 Å². The SMILES string of the molecule is COc1ccc(OCCCC(=O)N[C@H](C)c2cc(C)ccc2C)cc1. The van der Waals surface area contributed by atoms with Crippen LogP contribution in [0.3, 0.4) is 0 Å². The molecule has 134 valence electrons. The Balaban J connectivity index is 1.73. The van der Waals surface area contributed by atoms with Gasteiger partial charge in [-0.3, -0.25) is 4.79 Å². The number of rotatable bonds is 8. The van der Waals surface area contributed by atoms with Crippen molar-refractivity contribution in [3.8, 4) is 11.5 Å². The van der Waals surface area contributed by atoms with Gasteiger partial charge in [-0.1, -0.05) is 23.8 Å². The maximum absolute atomic E-state index is 12.1. The summed E-state index contributed by atoms with van der Waals surface area (Å²) in [6.07, 6.45) is 1.13. The van der Waals surface area contributed by atoms with Gasteiger partial charge >= 0.3 is 0 Å². The molecule has 2 rings (SSSR count). The third-order valence-corrected chi connectivity index (χ3v) is 4.16. The summed E-state index contributed by atoms with van der Waals surface area (Å²) in [6.45, 7) is 6.67. The number of hydrogen-bond acceptors (Lipinski definition) is 3. The van der Waals surface area contributed by atoms with E-state index in [1.54, 1.807) is 7.11 Å². The van der Waals surface area contributed by atoms with E-state index in [1.165, 1.54) is 16.7 Å². The van der Waals surface area contributed by atoms with Gasteiger partial charge < -0.3 is 14.8 Å². The molecular formula is C21H27NO3. The number of aryl methyl sites for hydroxylation is 2. The van der Waals surface area contributed by atoms with Crippen LogP contribution >= 0.6 is 0 Å². The first-order chi connectivity index (χ1) is 12.0. The van der Waals surface area contributed by atoms with Gasteiger partial charge in [0, 0.05) is 6.42 Å². The molecule has 0 bridgehead atoms. The standard InChI is InChI=1S/C21H27NO3/c1-15-7-8-16(2)20(14-15)17(3)22-21(23)6-5-13-25-19-11-9-18(24-4)10-12-19/h7-12,14,17H,5-6,13H2,1-4H3,(H,22,23)/t17-/m1/s1. The van der Waals surface area contributed by atoms with Crippen LogP contribution in [0.1, 0.15) is 42.5 Å². The van der Waals surface area contributed by atoms with E-state index in [-0.39, 0.29) is 11.9 Å². The van der Waals surface area contributed by atoms with Crippen molar-refractivity contribution in [3.63, 3.8) is 0 Å². The molecular weight excluding hydrogens is 314 g/mol. The normalized spacial score (nSPS) is 11.7. The second-order valence-corrected chi connectivity index (χ2v) is 6.28. The van der Waals surface area contributed by atoms with Crippen molar-refractivity contribution in [2.45, 2.75) is 39.7 Å². The van der Waals surface area contributed by atoms with E-state index < -0.39 is 0 Å². The summed E-state index contributed by atoms with van der Waals surface area (Å²) in [4.78, 5) is 12.1. The molecule has 0 heterocycles. The molecule has 0 unspecified atom stereocenters. The molecule has 2 aromatic carbocycles. The zero-order valence-corrected chi connectivity index (χ0v) is 15.5. The number of carbonyl (C=O) groups excluding carboxylic acids is 1. The van der Waals surface area contributed by atoms with E-state index in [2.05, 4.69) is 37.4 Å². The molecule has 4 heteroatoms. The second-order valence-electron chi connectivity index (χ2n) is 6.28. The Morgan fingerprint density at radius 3 is 2.44 bits per heavy atom. The number of ether oxygens (including phenoxy) is 2. The van der Waals surface area contributed by atoms with Crippen LogP contribution in [0, 0.1) is 13.8 Å². The fraction of sp³-hybridized carbons (Fsp3) is 0.381. The molecule has 4 nitrogen and oxygen atoms in total. The highest BCUT2D eigenvalue weighted by Gasteiger charge is 2.11. The van der Waals surface area contributed by atoms with Crippen molar-refractivity contribution in [3.05, 3.63) is 59.2 Å². The number of nitrogens with one attached hydrogen (secondary N) is 1. The highest BCUT2D eigenvalue weighted by molar-refractivity contribution is 5.76. The highest BCUT2D eigenvalue weighted by Crippen LogP contribution is 2.19. The first kappa shape index (κ1) is 18.8. The molecule has 0 saturated carbocycles. The molecule has 0 aromatic heterocycles. The number of methoxy groups -OCH3 is 1. The molecule has 0 radical (unpaired) electrons. The van der Waals surface area contributed by atoms with E-state index in [9.17, 15) is 4.79 Å². The van der Waals surface area contributed by atoms with Crippen LogP contribution in [0.5, 0.6) is 11.5 Å². The van der Waals surface area contributed by atoms with Crippen molar-refractivity contribution >= 4 is 5.91 Å². The molecule has 1 amide bonds.